The van der Waals surface area contributed by atoms with E-state index in [0.717, 1.165) is 28.7 Å². The molecule has 0 amide bonds. The number of aryl methyl sites for hydroxylation is 1. The van der Waals surface area contributed by atoms with Crippen LogP contribution >= 0.6 is 0 Å². The van der Waals surface area contributed by atoms with Gasteiger partial charge in [-0.3, -0.25) is 4.98 Å². The second-order valence-corrected chi connectivity index (χ2v) is 4.44. The minimum atomic E-state index is 0.704. The maximum Gasteiger partial charge on any atom is 0.181 e. The quantitative estimate of drug-likeness (QED) is 0.557. The molecule has 20 heavy (non-hydrogen) atoms. The molecule has 4 aromatic rings. The zero-order chi connectivity index (χ0) is 13.5. The summed E-state index contributed by atoms with van der Waals surface area (Å²) in [6.07, 6.45) is 5.27. The summed E-state index contributed by atoms with van der Waals surface area (Å²) in [7, 11) is 0. The number of nitrogens with zero attached hydrogens (tertiary/aromatic N) is 5. The first kappa shape index (κ1) is 11.1. The van der Waals surface area contributed by atoms with Crippen LogP contribution in [0.5, 0.6) is 0 Å². The van der Waals surface area contributed by atoms with Crippen molar-refractivity contribution in [3.63, 3.8) is 0 Å². The fraction of sp³-hybridized carbons (Fsp3) is 0.143. The standard InChI is InChI=1S/C14H11N5O/c1-2-19-14-10(8-17-19)13-9(7-16-14)12(18-20-13)11-5-3-4-6-15-11/h3-8H,2H2,1H3. The lowest BCUT2D eigenvalue weighted by Crippen LogP contribution is -1.96. The fourth-order valence-electron chi connectivity index (χ4n) is 2.33. The summed E-state index contributed by atoms with van der Waals surface area (Å²) in [5.41, 5.74) is 2.99. The molecular weight excluding hydrogens is 254 g/mol. The Morgan fingerprint density at radius 1 is 1.15 bits per heavy atom. The molecule has 0 fully saturated rings. The van der Waals surface area contributed by atoms with Crippen LogP contribution in [-0.2, 0) is 6.54 Å². The van der Waals surface area contributed by atoms with Gasteiger partial charge >= 0.3 is 0 Å². The van der Waals surface area contributed by atoms with Crippen molar-refractivity contribution in [2.45, 2.75) is 13.5 Å². The molecule has 0 N–H and O–H groups in total. The Morgan fingerprint density at radius 2 is 2.10 bits per heavy atom. The van der Waals surface area contributed by atoms with Gasteiger partial charge in [0, 0.05) is 18.9 Å². The molecule has 4 rings (SSSR count). The third-order valence-electron chi connectivity index (χ3n) is 3.31. The molecule has 0 atom stereocenters. The molecular formula is C14H11N5O. The minimum Gasteiger partial charge on any atom is -0.355 e. The first-order chi connectivity index (χ1) is 9.88. The van der Waals surface area contributed by atoms with Gasteiger partial charge in [-0.2, -0.15) is 5.10 Å². The summed E-state index contributed by atoms with van der Waals surface area (Å²) in [4.78, 5) is 8.77. The fourth-order valence-corrected chi connectivity index (χ4v) is 2.33. The third-order valence-corrected chi connectivity index (χ3v) is 3.31. The van der Waals surface area contributed by atoms with Crippen LogP contribution in [0.25, 0.3) is 33.4 Å². The van der Waals surface area contributed by atoms with Crippen LogP contribution in [0.2, 0.25) is 0 Å². The highest BCUT2D eigenvalue weighted by Crippen LogP contribution is 2.30. The van der Waals surface area contributed by atoms with E-state index in [4.69, 9.17) is 4.52 Å². The van der Waals surface area contributed by atoms with E-state index in [1.807, 2.05) is 29.8 Å². The molecule has 0 unspecified atom stereocenters. The Hall–Kier alpha value is -2.76. The molecule has 0 aliphatic heterocycles. The van der Waals surface area contributed by atoms with Crippen LogP contribution in [0.1, 0.15) is 6.92 Å². The normalized spacial score (nSPS) is 11.4. The van der Waals surface area contributed by atoms with Gasteiger partial charge in [-0.05, 0) is 19.1 Å². The summed E-state index contributed by atoms with van der Waals surface area (Å²) in [5.74, 6) is 0. The van der Waals surface area contributed by atoms with E-state index in [-0.39, 0.29) is 0 Å². The molecule has 0 aromatic carbocycles. The molecule has 0 bridgehead atoms. The Labute approximate surface area is 114 Å². The Morgan fingerprint density at radius 3 is 2.90 bits per heavy atom. The van der Waals surface area contributed by atoms with Gasteiger partial charge in [0.2, 0.25) is 0 Å². The highest BCUT2D eigenvalue weighted by Gasteiger charge is 2.16. The van der Waals surface area contributed by atoms with Crippen molar-refractivity contribution in [2.75, 3.05) is 0 Å². The minimum absolute atomic E-state index is 0.704. The molecule has 6 heteroatoms. The van der Waals surface area contributed by atoms with Gasteiger partial charge < -0.3 is 4.52 Å². The summed E-state index contributed by atoms with van der Waals surface area (Å²) in [6.45, 7) is 2.79. The van der Waals surface area contributed by atoms with Crippen molar-refractivity contribution in [1.29, 1.82) is 0 Å². The molecule has 0 aliphatic carbocycles. The number of rotatable bonds is 2. The topological polar surface area (TPSA) is 69.6 Å². The maximum atomic E-state index is 5.49. The smallest absolute Gasteiger partial charge is 0.181 e. The largest absolute Gasteiger partial charge is 0.355 e. The van der Waals surface area contributed by atoms with E-state index in [1.165, 1.54) is 0 Å². The summed E-state index contributed by atoms with van der Waals surface area (Å²) >= 11 is 0. The third kappa shape index (κ3) is 1.45. The first-order valence-corrected chi connectivity index (χ1v) is 6.40. The molecule has 6 nitrogen and oxygen atoms in total. The number of pyridine rings is 2. The van der Waals surface area contributed by atoms with Crippen LogP contribution in [0, 0.1) is 0 Å². The van der Waals surface area contributed by atoms with Gasteiger partial charge in [-0.25, -0.2) is 9.67 Å². The van der Waals surface area contributed by atoms with Gasteiger partial charge in [-0.15, -0.1) is 0 Å². The van der Waals surface area contributed by atoms with Gasteiger partial charge in [0.1, 0.15) is 5.69 Å². The summed E-state index contributed by atoms with van der Waals surface area (Å²) in [5, 5.41) is 10.2. The van der Waals surface area contributed by atoms with Gasteiger partial charge in [-0.1, -0.05) is 11.2 Å². The van der Waals surface area contributed by atoms with Crippen molar-refractivity contribution in [2.24, 2.45) is 0 Å². The van der Waals surface area contributed by atoms with Crippen molar-refractivity contribution in [1.82, 2.24) is 24.9 Å². The molecule has 4 aromatic heterocycles. The molecule has 4 heterocycles. The van der Waals surface area contributed by atoms with Crippen LogP contribution in [-0.4, -0.2) is 24.9 Å². The lowest BCUT2D eigenvalue weighted by Gasteiger charge is -1.97. The Balaban J connectivity index is 2.03. The molecule has 0 saturated carbocycles. The molecule has 0 spiro atoms. The second kappa shape index (κ2) is 4.12. The van der Waals surface area contributed by atoms with E-state index >= 15 is 0 Å². The number of fused-ring (bicyclic) bond motifs is 3. The predicted molar refractivity (Wildman–Crippen MR) is 74.0 cm³/mol. The van der Waals surface area contributed by atoms with E-state index < -0.39 is 0 Å². The molecule has 0 radical (unpaired) electrons. The lowest BCUT2D eigenvalue weighted by molar-refractivity contribution is 0.461. The average Bonchev–Trinajstić information content (AvgIpc) is 3.11. The lowest BCUT2D eigenvalue weighted by atomic mass is 10.2. The van der Waals surface area contributed by atoms with E-state index in [9.17, 15) is 0 Å². The van der Waals surface area contributed by atoms with Crippen LogP contribution in [0.4, 0.5) is 0 Å². The Kier molecular flexibility index (Phi) is 2.29. The molecule has 0 aliphatic rings. The summed E-state index contributed by atoms with van der Waals surface area (Å²) < 4.78 is 7.32. The zero-order valence-corrected chi connectivity index (χ0v) is 10.8. The van der Waals surface area contributed by atoms with Gasteiger partial charge in [0.25, 0.3) is 0 Å². The van der Waals surface area contributed by atoms with Crippen molar-refractivity contribution >= 4 is 22.0 Å². The van der Waals surface area contributed by atoms with Crippen molar-refractivity contribution in [3.8, 4) is 11.4 Å². The van der Waals surface area contributed by atoms with Crippen molar-refractivity contribution < 1.29 is 4.52 Å². The maximum absolute atomic E-state index is 5.49. The Bertz CT molecular complexity index is 894. The zero-order valence-electron chi connectivity index (χ0n) is 10.8. The van der Waals surface area contributed by atoms with E-state index in [2.05, 4.69) is 20.2 Å². The molecule has 98 valence electrons. The average molecular weight is 265 g/mol. The number of hydrogen-bond donors (Lipinski definition) is 0. The van der Waals surface area contributed by atoms with Gasteiger partial charge in [0.05, 0.1) is 22.7 Å². The monoisotopic (exact) mass is 265 g/mol. The highest BCUT2D eigenvalue weighted by atomic mass is 16.5. The number of hydrogen-bond acceptors (Lipinski definition) is 5. The van der Waals surface area contributed by atoms with Crippen LogP contribution in [0.15, 0.2) is 41.3 Å². The van der Waals surface area contributed by atoms with E-state index in [1.54, 1.807) is 18.6 Å². The van der Waals surface area contributed by atoms with Crippen LogP contribution in [0.3, 0.4) is 0 Å². The van der Waals surface area contributed by atoms with Crippen LogP contribution < -0.4 is 0 Å². The predicted octanol–water partition coefficient (Wildman–Crippen LogP) is 2.65. The first-order valence-electron chi connectivity index (χ1n) is 6.40. The number of aromatic nitrogens is 5. The summed E-state index contributed by atoms with van der Waals surface area (Å²) in [6, 6.07) is 5.69. The SMILES string of the molecule is CCn1ncc2c3onc(-c4ccccn4)c3cnc21. The second-order valence-electron chi connectivity index (χ2n) is 4.44. The highest BCUT2D eigenvalue weighted by molar-refractivity contribution is 6.04. The van der Waals surface area contributed by atoms with E-state index in [0.29, 0.717) is 11.3 Å². The van der Waals surface area contributed by atoms with Gasteiger partial charge in [0.15, 0.2) is 11.2 Å². The van der Waals surface area contributed by atoms with Crippen molar-refractivity contribution in [3.05, 3.63) is 36.8 Å². The molecule has 0 saturated heterocycles.